The summed E-state index contributed by atoms with van der Waals surface area (Å²) in [4.78, 5) is 37.3. The van der Waals surface area contributed by atoms with Crippen LogP contribution < -0.4 is 5.32 Å². The Bertz CT molecular complexity index is 2600. The number of fused-ring (bicyclic) bond motifs is 2. The molecule has 2 bridgehead atoms. The first-order chi connectivity index (χ1) is 34.8. The maximum Gasteiger partial charge on any atom is 0.234 e. The molecule has 7 aromatic rings. The lowest BCUT2D eigenvalue weighted by molar-refractivity contribution is -0.127. The number of carbonyl (C=O) groups is 2. The van der Waals surface area contributed by atoms with Crippen LogP contribution in [0.4, 0.5) is 0 Å². The molecular weight excluding hydrogens is 954 g/mol. The first-order valence-corrected chi connectivity index (χ1v) is 28.9. The lowest BCUT2D eigenvalue weighted by atomic mass is 9.73. The Morgan fingerprint density at radius 1 is 0.662 bits per heavy atom. The fraction of sp³-hybridized carbons (Fsp3) is 0.290. The first kappa shape index (κ1) is 50.8. The van der Waals surface area contributed by atoms with Gasteiger partial charge in [0.2, 0.25) is 5.91 Å². The number of rotatable bonds is 22. The van der Waals surface area contributed by atoms with Crippen molar-refractivity contribution < 1.29 is 9.59 Å². The summed E-state index contributed by atoms with van der Waals surface area (Å²) in [6.07, 6.45) is 4.42. The second-order valence-corrected chi connectivity index (χ2v) is 24.3. The molecule has 2 unspecified atom stereocenters. The highest BCUT2D eigenvalue weighted by Crippen LogP contribution is 2.67. The highest BCUT2D eigenvalue weighted by molar-refractivity contribution is 8.33. The van der Waals surface area contributed by atoms with Gasteiger partial charge in [-0.15, -0.1) is 11.8 Å². The SMILES string of the molecule is CCC(=O)[C@@H]1C2CCC(C[C@@H]1c1ccc(Cl)c(Cl)c1)N2CCCN(CCSC(c1ccccc1)(c1ccccc1)c1ccccc1)CC(=O)NCCS(c1ccccc1)(c1ccccc1)c1ccccc1. The van der Waals surface area contributed by atoms with Crippen LogP contribution >= 0.6 is 45.0 Å². The van der Waals surface area contributed by atoms with Crippen LogP contribution in [0.1, 0.15) is 67.2 Å². The molecule has 9 heteroatoms. The molecular formula is C62H65Cl2N3O2S2. The fourth-order valence-corrected chi connectivity index (χ4v) is 17.3. The molecule has 2 aliphatic heterocycles. The molecule has 2 fully saturated rings. The van der Waals surface area contributed by atoms with E-state index in [9.17, 15) is 9.59 Å². The normalized spacial score (nSPS) is 18.3. The van der Waals surface area contributed by atoms with Crippen LogP contribution in [0.3, 0.4) is 0 Å². The van der Waals surface area contributed by atoms with Gasteiger partial charge >= 0.3 is 0 Å². The van der Waals surface area contributed by atoms with Crippen molar-refractivity contribution in [2.75, 3.05) is 44.2 Å². The number of benzene rings is 7. The van der Waals surface area contributed by atoms with Crippen molar-refractivity contribution in [3.63, 3.8) is 0 Å². The fourth-order valence-electron chi connectivity index (χ4n) is 11.6. The van der Waals surface area contributed by atoms with Crippen LogP contribution in [0.25, 0.3) is 0 Å². The van der Waals surface area contributed by atoms with Crippen LogP contribution in [-0.2, 0) is 14.3 Å². The Labute approximate surface area is 437 Å². The smallest absolute Gasteiger partial charge is 0.234 e. The van der Waals surface area contributed by atoms with Gasteiger partial charge in [-0.25, -0.2) is 0 Å². The Balaban J connectivity index is 0.961. The van der Waals surface area contributed by atoms with E-state index < -0.39 is 14.8 Å². The van der Waals surface area contributed by atoms with E-state index in [0.29, 0.717) is 41.4 Å². The summed E-state index contributed by atoms with van der Waals surface area (Å²) in [7, 11) is -1.71. The van der Waals surface area contributed by atoms with E-state index in [1.54, 1.807) is 0 Å². The Morgan fingerprint density at radius 2 is 1.17 bits per heavy atom. The third kappa shape index (κ3) is 11.3. The van der Waals surface area contributed by atoms with Gasteiger partial charge in [0, 0.05) is 49.0 Å². The standard InChI is InChI=1S/C62H65Cl2N3O2S2/c1-2-59(68)61-55(47-34-36-56(63)57(64)44-47)45-51-35-37-58(61)67(51)40-21-39-66(41-42-70-62(48-22-9-3-10-23-48,49-24-11-4-12-25-49)50-26-13-5-14-27-50)46-60(69)65-38-43-71(52-28-15-6-16-29-52,53-30-17-7-18-31-53)54-32-19-8-20-33-54/h3-20,22-34,36,44,51,55,58,61H,2,21,35,37-43,45-46H2,1H3,(H,65,69)/t51?,55-,58?,61+/m1/s1. The topological polar surface area (TPSA) is 52.7 Å². The zero-order chi connectivity index (χ0) is 49.0. The summed E-state index contributed by atoms with van der Waals surface area (Å²) in [5.74, 6) is 1.96. The van der Waals surface area contributed by atoms with Crippen molar-refractivity contribution in [1.82, 2.24) is 15.1 Å². The summed E-state index contributed by atoms with van der Waals surface area (Å²) >= 11 is 14.9. The van der Waals surface area contributed by atoms with Gasteiger partial charge < -0.3 is 5.32 Å². The van der Waals surface area contributed by atoms with Gasteiger partial charge in [-0.2, -0.15) is 10.0 Å². The van der Waals surface area contributed by atoms with E-state index in [1.165, 1.54) is 31.4 Å². The second-order valence-electron chi connectivity index (χ2n) is 18.9. The second kappa shape index (κ2) is 24.1. The van der Waals surface area contributed by atoms with E-state index >= 15 is 0 Å². The summed E-state index contributed by atoms with van der Waals surface area (Å²) < 4.78 is -0.463. The number of piperidine rings is 1. The number of Topliss-reactive ketones (excluding diaryl/α,β-unsaturated/α-hetero) is 1. The van der Waals surface area contributed by atoms with Crippen LogP contribution in [0.15, 0.2) is 215 Å². The highest BCUT2D eigenvalue weighted by Gasteiger charge is 2.49. The minimum atomic E-state index is -1.71. The van der Waals surface area contributed by atoms with Gasteiger partial charge in [0.25, 0.3) is 0 Å². The Morgan fingerprint density at radius 3 is 1.66 bits per heavy atom. The monoisotopic (exact) mass is 1020 g/mol. The summed E-state index contributed by atoms with van der Waals surface area (Å²) in [6, 6.07) is 71.5. The number of carbonyl (C=O) groups excluding carboxylic acids is 2. The van der Waals surface area contributed by atoms with Crippen LogP contribution in [-0.4, -0.2) is 77.8 Å². The maximum atomic E-state index is 14.5. The van der Waals surface area contributed by atoms with Gasteiger partial charge in [-0.1, -0.05) is 182 Å². The molecule has 366 valence electrons. The summed E-state index contributed by atoms with van der Waals surface area (Å²) in [6.45, 7) is 5.19. The van der Waals surface area contributed by atoms with E-state index in [-0.39, 0.29) is 23.8 Å². The van der Waals surface area contributed by atoms with Crippen molar-refractivity contribution in [1.29, 1.82) is 0 Å². The number of ketones is 1. The number of nitrogens with one attached hydrogen (secondary N) is 1. The van der Waals surface area contributed by atoms with E-state index in [2.05, 4.69) is 203 Å². The molecule has 0 radical (unpaired) electrons. The van der Waals surface area contributed by atoms with Crippen molar-refractivity contribution in [2.24, 2.45) is 5.92 Å². The van der Waals surface area contributed by atoms with E-state index in [4.69, 9.17) is 23.2 Å². The molecule has 4 atom stereocenters. The molecule has 0 spiro atoms. The third-order valence-electron chi connectivity index (χ3n) is 14.8. The average Bonchev–Trinajstić information content (AvgIpc) is 3.70. The summed E-state index contributed by atoms with van der Waals surface area (Å²) in [5, 5.41) is 4.53. The van der Waals surface area contributed by atoms with Crippen LogP contribution in [0.2, 0.25) is 10.0 Å². The number of nitrogens with zero attached hydrogens (tertiary/aromatic N) is 2. The number of hydrogen-bond donors (Lipinski definition) is 1. The lowest BCUT2D eigenvalue weighted by Crippen LogP contribution is -2.51. The zero-order valence-corrected chi connectivity index (χ0v) is 43.8. The van der Waals surface area contributed by atoms with Crippen molar-refractivity contribution in [3.8, 4) is 0 Å². The molecule has 5 nitrogen and oxygen atoms in total. The number of halogens is 2. The minimum Gasteiger partial charge on any atom is -0.354 e. The molecule has 1 amide bonds. The number of hydrogen-bond acceptors (Lipinski definition) is 5. The molecule has 7 aromatic carbocycles. The quantitative estimate of drug-likeness (QED) is 0.0686. The van der Waals surface area contributed by atoms with Crippen molar-refractivity contribution in [2.45, 2.75) is 76.5 Å². The minimum absolute atomic E-state index is 0.0361. The van der Waals surface area contributed by atoms with Gasteiger partial charge in [0.1, 0.15) is 5.78 Å². The highest BCUT2D eigenvalue weighted by atomic mass is 35.5. The largest absolute Gasteiger partial charge is 0.354 e. The molecule has 2 saturated heterocycles. The van der Waals surface area contributed by atoms with Gasteiger partial charge in [0.05, 0.1) is 21.3 Å². The predicted molar refractivity (Wildman–Crippen MR) is 298 cm³/mol. The molecule has 9 rings (SSSR count). The molecule has 1 N–H and O–H groups in total. The zero-order valence-electron chi connectivity index (χ0n) is 40.6. The van der Waals surface area contributed by atoms with E-state index in [1.807, 2.05) is 30.8 Å². The first-order valence-electron chi connectivity index (χ1n) is 25.3. The predicted octanol–water partition coefficient (Wildman–Crippen LogP) is 14.4. The molecule has 2 aliphatic rings. The molecule has 0 aliphatic carbocycles. The molecule has 0 aromatic heterocycles. The Hall–Kier alpha value is -5.12. The van der Waals surface area contributed by atoms with Gasteiger partial charge in [-0.05, 0) is 130 Å². The van der Waals surface area contributed by atoms with Crippen LogP contribution in [0, 0.1) is 5.92 Å². The third-order valence-corrected chi connectivity index (χ3v) is 21.2. The molecule has 0 saturated carbocycles. The van der Waals surface area contributed by atoms with Gasteiger partial charge in [-0.3, -0.25) is 19.4 Å². The summed E-state index contributed by atoms with van der Waals surface area (Å²) in [5.41, 5.74) is 4.79. The van der Waals surface area contributed by atoms with Crippen molar-refractivity contribution in [3.05, 3.63) is 232 Å². The van der Waals surface area contributed by atoms with Crippen LogP contribution in [0.5, 0.6) is 0 Å². The van der Waals surface area contributed by atoms with Crippen molar-refractivity contribution >= 4 is 56.7 Å². The molecule has 71 heavy (non-hydrogen) atoms. The average molecular weight is 1020 g/mol. The maximum absolute atomic E-state index is 14.5. The Kier molecular flexibility index (Phi) is 17.2. The van der Waals surface area contributed by atoms with Gasteiger partial charge in [0.15, 0.2) is 0 Å². The number of thioether (sulfide) groups is 1. The molecule has 2 heterocycles. The lowest BCUT2D eigenvalue weighted by Gasteiger charge is -2.44. The van der Waals surface area contributed by atoms with E-state index in [0.717, 1.165) is 62.4 Å². The number of amides is 1.